The van der Waals surface area contributed by atoms with Gasteiger partial charge < -0.3 is 0 Å². The van der Waals surface area contributed by atoms with Gasteiger partial charge >= 0.3 is 319 Å². The quantitative estimate of drug-likeness (QED) is 0.147. The van der Waals surface area contributed by atoms with Gasteiger partial charge in [0.05, 0.1) is 0 Å². The van der Waals surface area contributed by atoms with E-state index in [9.17, 15) is 0 Å². The molecule has 0 saturated heterocycles. The first-order valence-electron chi connectivity index (χ1n) is 19.3. The molecule has 0 N–H and O–H groups in total. The molecule has 0 spiro atoms. The van der Waals surface area contributed by atoms with Crippen LogP contribution in [-0.4, -0.2) is 5.43 Å². The van der Waals surface area contributed by atoms with Crippen LogP contribution in [0.4, 0.5) is 0 Å². The number of benzene rings is 6. The van der Waals surface area contributed by atoms with Crippen LogP contribution < -0.4 is 0 Å². The third kappa shape index (κ3) is 4.48. The van der Waals surface area contributed by atoms with E-state index in [1.807, 2.05) is 0 Å². The average Bonchev–Trinajstić information content (AvgIpc) is 3.96. The van der Waals surface area contributed by atoms with Crippen LogP contribution in [0.1, 0.15) is 78.4 Å². The van der Waals surface area contributed by atoms with E-state index in [2.05, 4.69) is 136 Å². The maximum atomic E-state index is 8.77. The van der Waals surface area contributed by atoms with E-state index >= 15 is 0 Å². The molecule has 0 radical (unpaired) electrons. The van der Waals surface area contributed by atoms with Gasteiger partial charge in [0, 0.05) is 0 Å². The van der Waals surface area contributed by atoms with Crippen molar-refractivity contribution in [3.63, 3.8) is 0 Å². The van der Waals surface area contributed by atoms with Gasteiger partial charge in [-0.3, -0.25) is 0 Å². The number of rotatable bonds is 6. The maximum absolute atomic E-state index is 8.77. The molecule has 258 valence electrons. The molecule has 0 heterocycles. The van der Waals surface area contributed by atoms with Gasteiger partial charge in [-0.25, -0.2) is 0 Å². The van der Waals surface area contributed by atoms with Gasteiger partial charge in [0.25, 0.3) is 0 Å². The Labute approximate surface area is 316 Å². The molecular formula is C48H44Cl2SiZr. The first-order valence-corrected chi connectivity index (χ1v) is 34.7. The molecular weight excluding hydrogens is 767 g/mol. The molecule has 0 amide bonds. The zero-order valence-corrected chi connectivity index (χ0v) is 35.5. The van der Waals surface area contributed by atoms with E-state index in [0.717, 1.165) is 38.5 Å². The van der Waals surface area contributed by atoms with Crippen molar-refractivity contribution in [1.29, 1.82) is 0 Å². The van der Waals surface area contributed by atoms with Crippen LogP contribution in [-0.2, 0) is 40.7 Å². The Bertz CT molecular complexity index is 2500. The van der Waals surface area contributed by atoms with Gasteiger partial charge in [0.2, 0.25) is 0 Å². The fourth-order valence-electron chi connectivity index (χ4n) is 11.0. The molecule has 0 fully saturated rings. The van der Waals surface area contributed by atoms with Crippen molar-refractivity contribution in [3.8, 4) is 22.3 Å². The molecule has 10 rings (SSSR count). The number of hydrogen-bond donors (Lipinski definition) is 0. The Balaban J connectivity index is 1.18. The van der Waals surface area contributed by atoms with E-state index in [0.29, 0.717) is 0 Å². The first kappa shape index (κ1) is 33.6. The van der Waals surface area contributed by atoms with Gasteiger partial charge in [-0.2, -0.15) is 0 Å². The summed E-state index contributed by atoms with van der Waals surface area (Å²) >= 11 is -4.91. The van der Waals surface area contributed by atoms with Crippen molar-refractivity contribution in [2.24, 2.45) is 0 Å². The van der Waals surface area contributed by atoms with Crippen LogP contribution in [0, 0.1) is 0 Å². The predicted octanol–water partition coefficient (Wildman–Crippen LogP) is 14.2. The number of allylic oxidation sites excluding steroid dienone is 2. The second kappa shape index (κ2) is 12.0. The molecule has 0 bridgehead atoms. The van der Waals surface area contributed by atoms with Gasteiger partial charge in [0.1, 0.15) is 0 Å². The van der Waals surface area contributed by atoms with E-state index in [4.69, 9.17) is 17.0 Å². The zero-order valence-electron chi connectivity index (χ0n) is 30.5. The Morgan fingerprint density at radius 2 is 0.923 bits per heavy atom. The van der Waals surface area contributed by atoms with Crippen molar-refractivity contribution in [1.82, 2.24) is 0 Å². The van der Waals surface area contributed by atoms with Crippen LogP contribution in [0.5, 0.6) is 0 Å². The fourth-order valence-corrected chi connectivity index (χ4v) is 40.4. The zero-order chi connectivity index (χ0) is 35.5. The molecule has 4 aliphatic rings. The van der Waals surface area contributed by atoms with Crippen molar-refractivity contribution in [2.75, 3.05) is 0 Å². The molecule has 0 saturated carbocycles. The summed E-state index contributed by atoms with van der Waals surface area (Å²) in [5.41, 5.74) is 18.4. The number of hydrogen-bond acceptors (Lipinski definition) is 0. The van der Waals surface area contributed by atoms with Crippen LogP contribution in [0.15, 0.2) is 108 Å². The predicted molar refractivity (Wildman–Crippen MR) is 225 cm³/mol. The van der Waals surface area contributed by atoms with Crippen LogP contribution in [0.25, 0.3) is 56.0 Å². The van der Waals surface area contributed by atoms with E-state index in [1.54, 1.807) is 0 Å². The van der Waals surface area contributed by atoms with Crippen LogP contribution in [0.2, 0.25) is 13.1 Å². The minimum atomic E-state index is -4.91. The van der Waals surface area contributed by atoms with E-state index in [-0.39, 0.29) is 7.25 Å². The standard InChI is InChI=1S/2C23H19.C2H6Si.2ClH.Zr/c2*1-2-15-13-18-6-4-7-19(22(18)14-15)20-12-11-17-10-9-16-5-3-8-21(20)23(16)17;1-3-2;;;/h2*3-8,11-14H,2,9-10H2,1H3;1-2H3;2*1H;/q;;;;;+2/p-2. The minimum absolute atomic E-state index is 0.0803. The molecule has 2 unspecified atom stereocenters. The summed E-state index contributed by atoms with van der Waals surface area (Å²) in [5.74, 6) is 0. The second-order valence-corrected chi connectivity index (χ2v) is 54.8. The molecule has 4 aliphatic carbocycles. The molecule has 4 heteroatoms. The molecule has 52 heavy (non-hydrogen) atoms. The second-order valence-electron chi connectivity index (χ2n) is 16.0. The summed E-state index contributed by atoms with van der Waals surface area (Å²) in [7, 11) is 17.5. The van der Waals surface area contributed by atoms with Crippen molar-refractivity contribution in [2.45, 2.75) is 72.7 Å². The fraction of sp³-hybridized carbons (Fsp3) is 0.250. The van der Waals surface area contributed by atoms with Crippen molar-refractivity contribution >= 4 is 56.2 Å². The number of halogens is 2. The van der Waals surface area contributed by atoms with Crippen LogP contribution >= 0.6 is 17.0 Å². The Morgan fingerprint density at radius 1 is 0.519 bits per heavy atom. The van der Waals surface area contributed by atoms with Gasteiger partial charge in [-0.05, 0) is 0 Å². The Morgan fingerprint density at radius 3 is 1.33 bits per heavy atom. The average molecular weight is 811 g/mol. The molecule has 0 nitrogen and oxygen atoms in total. The van der Waals surface area contributed by atoms with Gasteiger partial charge in [-0.1, -0.05) is 0 Å². The number of aryl methyl sites for hydroxylation is 4. The molecule has 2 atom stereocenters. The molecule has 0 aliphatic heterocycles. The van der Waals surface area contributed by atoms with E-state index in [1.165, 1.54) is 99.5 Å². The van der Waals surface area contributed by atoms with Crippen molar-refractivity contribution in [3.05, 3.63) is 153 Å². The first-order chi connectivity index (χ1) is 25.2. The topological polar surface area (TPSA) is 0 Å². The third-order valence-corrected chi connectivity index (χ3v) is 60.0. The monoisotopic (exact) mass is 808 g/mol. The summed E-state index contributed by atoms with van der Waals surface area (Å²) in [4.78, 5) is 0. The SMILES string of the molecule is CCC1=Cc2c(-c3ccc4c5c(cccc35)CC4)cccc2[CH]1[Zr]([Cl])([Cl])([CH]1C(CC)=Cc2c(-c3ccc4c5c(cccc35)CC4)cccc21)=[Si](C)C. The third-order valence-electron chi connectivity index (χ3n) is 13.5. The van der Waals surface area contributed by atoms with Crippen molar-refractivity contribution < 1.29 is 15.0 Å². The normalized spacial score (nSPS) is 18.6. The summed E-state index contributed by atoms with van der Waals surface area (Å²) in [6, 6.07) is 37.3. The summed E-state index contributed by atoms with van der Waals surface area (Å²) < 4.78 is 0.161. The van der Waals surface area contributed by atoms with Gasteiger partial charge in [-0.15, -0.1) is 0 Å². The molecule has 6 aromatic rings. The van der Waals surface area contributed by atoms with Crippen LogP contribution in [0.3, 0.4) is 0 Å². The Hall–Kier alpha value is -3.00. The van der Waals surface area contributed by atoms with Gasteiger partial charge in [0.15, 0.2) is 0 Å². The summed E-state index contributed by atoms with van der Waals surface area (Å²) in [6.45, 7) is 9.51. The Kier molecular flexibility index (Phi) is 7.74. The molecule has 6 aromatic carbocycles. The summed E-state index contributed by atoms with van der Waals surface area (Å²) in [6.07, 6.45) is 11.5. The molecule has 0 aromatic heterocycles. The summed E-state index contributed by atoms with van der Waals surface area (Å²) in [5, 5.41) is 5.69. The number of fused-ring (bicyclic) bond motifs is 2. The van der Waals surface area contributed by atoms with E-state index < -0.39 is 20.4 Å².